The first-order chi connectivity index (χ1) is 9.65. The lowest BCUT2D eigenvalue weighted by Gasteiger charge is -2.08. The van der Waals surface area contributed by atoms with Crippen molar-refractivity contribution in [1.29, 1.82) is 0 Å². The predicted octanol–water partition coefficient (Wildman–Crippen LogP) is 4.03. The summed E-state index contributed by atoms with van der Waals surface area (Å²) in [6, 6.07) is 8.66. The van der Waals surface area contributed by atoms with E-state index in [1.165, 1.54) is 4.90 Å². The molecule has 0 saturated carbocycles. The SMILES string of the molecule is CC(C)NCc1cnc(CSc2ccccc2Br)nc1. The van der Waals surface area contributed by atoms with Gasteiger partial charge in [0.05, 0.1) is 5.75 Å². The quantitative estimate of drug-likeness (QED) is 0.797. The van der Waals surface area contributed by atoms with Crippen LogP contribution >= 0.6 is 27.7 Å². The van der Waals surface area contributed by atoms with Crippen molar-refractivity contribution in [2.45, 2.75) is 37.1 Å². The molecule has 0 unspecified atom stereocenters. The largest absolute Gasteiger partial charge is 0.310 e. The van der Waals surface area contributed by atoms with E-state index in [-0.39, 0.29) is 0 Å². The third-order valence-electron chi connectivity index (χ3n) is 2.67. The molecule has 1 heterocycles. The highest BCUT2D eigenvalue weighted by atomic mass is 79.9. The summed E-state index contributed by atoms with van der Waals surface area (Å²) in [5, 5.41) is 3.36. The molecule has 2 aromatic rings. The lowest BCUT2D eigenvalue weighted by molar-refractivity contribution is 0.586. The molecule has 0 fully saturated rings. The van der Waals surface area contributed by atoms with Gasteiger partial charge in [0.15, 0.2) is 0 Å². The van der Waals surface area contributed by atoms with Crippen LogP contribution in [0.2, 0.25) is 0 Å². The van der Waals surface area contributed by atoms with Gasteiger partial charge in [-0.15, -0.1) is 11.8 Å². The minimum absolute atomic E-state index is 0.473. The number of halogens is 1. The van der Waals surface area contributed by atoms with Gasteiger partial charge in [0.1, 0.15) is 5.82 Å². The monoisotopic (exact) mass is 351 g/mol. The minimum atomic E-state index is 0.473. The molecule has 2 rings (SSSR count). The Morgan fingerprint density at radius 3 is 2.55 bits per heavy atom. The van der Waals surface area contributed by atoms with E-state index < -0.39 is 0 Å². The molecular weight excluding hydrogens is 334 g/mol. The number of benzene rings is 1. The second-order valence-corrected chi connectivity index (χ2v) is 6.63. The fourth-order valence-electron chi connectivity index (χ4n) is 1.57. The maximum atomic E-state index is 4.41. The van der Waals surface area contributed by atoms with Crippen molar-refractivity contribution in [3.05, 3.63) is 52.5 Å². The Hall–Kier alpha value is -0.910. The van der Waals surface area contributed by atoms with Crippen LogP contribution < -0.4 is 5.32 Å². The Morgan fingerprint density at radius 1 is 1.20 bits per heavy atom. The second-order valence-electron chi connectivity index (χ2n) is 4.76. The lowest BCUT2D eigenvalue weighted by Crippen LogP contribution is -2.22. The highest BCUT2D eigenvalue weighted by Gasteiger charge is 2.03. The summed E-state index contributed by atoms with van der Waals surface area (Å²) in [6.45, 7) is 5.07. The van der Waals surface area contributed by atoms with Gasteiger partial charge in [-0.2, -0.15) is 0 Å². The zero-order valence-corrected chi connectivity index (χ0v) is 14.0. The molecule has 0 radical (unpaired) electrons. The first-order valence-electron chi connectivity index (χ1n) is 6.55. The Bertz CT molecular complexity index is 543. The molecule has 0 saturated heterocycles. The number of hydrogen-bond acceptors (Lipinski definition) is 4. The molecule has 0 aliphatic carbocycles. The van der Waals surface area contributed by atoms with Crippen molar-refractivity contribution in [3.8, 4) is 0 Å². The van der Waals surface area contributed by atoms with Crippen LogP contribution in [0, 0.1) is 0 Å². The molecule has 0 bridgehead atoms. The van der Waals surface area contributed by atoms with Gasteiger partial charge in [0, 0.05) is 39.9 Å². The van der Waals surface area contributed by atoms with Gasteiger partial charge in [-0.3, -0.25) is 0 Å². The zero-order valence-electron chi connectivity index (χ0n) is 11.6. The number of nitrogens with one attached hydrogen (secondary N) is 1. The van der Waals surface area contributed by atoms with Gasteiger partial charge in [-0.25, -0.2) is 9.97 Å². The Labute approximate surface area is 132 Å². The number of hydrogen-bond donors (Lipinski definition) is 1. The fourth-order valence-corrected chi connectivity index (χ4v) is 3.02. The first-order valence-corrected chi connectivity index (χ1v) is 8.33. The number of nitrogens with zero attached hydrogens (tertiary/aromatic N) is 2. The van der Waals surface area contributed by atoms with Crippen molar-refractivity contribution in [1.82, 2.24) is 15.3 Å². The van der Waals surface area contributed by atoms with Gasteiger partial charge >= 0.3 is 0 Å². The molecule has 20 heavy (non-hydrogen) atoms. The average molecular weight is 352 g/mol. The molecule has 0 spiro atoms. The molecule has 3 nitrogen and oxygen atoms in total. The molecule has 0 aliphatic heterocycles. The van der Waals surface area contributed by atoms with E-state index in [0.717, 1.165) is 28.2 Å². The minimum Gasteiger partial charge on any atom is -0.310 e. The van der Waals surface area contributed by atoms with Gasteiger partial charge in [0.25, 0.3) is 0 Å². The summed E-state index contributed by atoms with van der Waals surface area (Å²) >= 11 is 5.28. The highest BCUT2D eigenvalue weighted by molar-refractivity contribution is 9.10. The molecule has 106 valence electrons. The van der Waals surface area contributed by atoms with Gasteiger partial charge in [0.2, 0.25) is 0 Å². The highest BCUT2D eigenvalue weighted by Crippen LogP contribution is 2.28. The molecule has 0 atom stereocenters. The maximum absolute atomic E-state index is 4.41. The first kappa shape index (κ1) is 15.5. The maximum Gasteiger partial charge on any atom is 0.138 e. The molecule has 1 aromatic carbocycles. The molecular formula is C15H18BrN3S. The van der Waals surface area contributed by atoms with E-state index in [1.807, 2.05) is 30.6 Å². The lowest BCUT2D eigenvalue weighted by atomic mass is 10.3. The van der Waals surface area contributed by atoms with Crippen LogP contribution in [-0.4, -0.2) is 16.0 Å². The summed E-state index contributed by atoms with van der Waals surface area (Å²) in [4.78, 5) is 10.0. The van der Waals surface area contributed by atoms with Crippen molar-refractivity contribution in [2.75, 3.05) is 0 Å². The van der Waals surface area contributed by atoms with Gasteiger partial charge < -0.3 is 5.32 Å². The molecule has 0 aliphatic rings. The van der Waals surface area contributed by atoms with Gasteiger partial charge in [-0.1, -0.05) is 26.0 Å². The molecule has 0 amide bonds. The van der Waals surface area contributed by atoms with Crippen LogP contribution in [0.1, 0.15) is 25.2 Å². The van der Waals surface area contributed by atoms with E-state index in [4.69, 9.17) is 0 Å². The molecule has 5 heteroatoms. The fraction of sp³-hybridized carbons (Fsp3) is 0.333. The third kappa shape index (κ3) is 4.89. The molecule has 1 N–H and O–H groups in total. The zero-order chi connectivity index (χ0) is 14.4. The van der Waals surface area contributed by atoms with Crippen LogP contribution in [0.25, 0.3) is 0 Å². The van der Waals surface area contributed by atoms with E-state index in [0.29, 0.717) is 6.04 Å². The Morgan fingerprint density at radius 2 is 1.90 bits per heavy atom. The number of thioether (sulfide) groups is 1. The van der Waals surface area contributed by atoms with Crippen LogP contribution in [0.3, 0.4) is 0 Å². The summed E-state index contributed by atoms with van der Waals surface area (Å²) < 4.78 is 1.11. The van der Waals surface area contributed by atoms with Crippen molar-refractivity contribution < 1.29 is 0 Å². The van der Waals surface area contributed by atoms with Crippen molar-refractivity contribution >= 4 is 27.7 Å². The Balaban J connectivity index is 1.89. The van der Waals surface area contributed by atoms with Gasteiger partial charge in [-0.05, 0) is 28.1 Å². The summed E-state index contributed by atoms with van der Waals surface area (Å²) in [6.07, 6.45) is 3.80. The van der Waals surface area contributed by atoms with E-state index in [2.05, 4.69) is 51.1 Å². The third-order valence-corrected chi connectivity index (χ3v) is 4.69. The van der Waals surface area contributed by atoms with E-state index in [9.17, 15) is 0 Å². The van der Waals surface area contributed by atoms with Crippen molar-refractivity contribution in [3.63, 3.8) is 0 Å². The summed E-state index contributed by atoms with van der Waals surface area (Å²) in [5.74, 6) is 1.64. The van der Waals surface area contributed by atoms with Crippen LogP contribution in [0.5, 0.6) is 0 Å². The van der Waals surface area contributed by atoms with Crippen LogP contribution in [0.4, 0.5) is 0 Å². The summed E-state index contributed by atoms with van der Waals surface area (Å²) in [5.41, 5.74) is 1.12. The van der Waals surface area contributed by atoms with E-state index >= 15 is 0 Å². The number of aromatic nitrogens is 2. The predicted molar refractivity (Wildman–Crippen MR) is 87.7 cm³/mol. The standard InChI is InChI=1S/C15H18BrN3S/c1-11(2)17-7-12-8-18-15(19-9-12)10-20-14-6-4-3-5-13(14)16/h3-6,8-9,11,17H,7,10H2,1-2H3. The second kappa shape index (κ2) is 7.76. The Kier molecular flexibility index (Phi) is 6.01. The van der Waals surface area contributed by atoms with E-state index in [1.54, 1.807) is 11.8 Å². The van der Waals surface area contributed by atoms with Crippen LogP contribution in [0.15, 0.2) is 46.0 Å². The normalized spacial score (nSPS) is 11.0. The van der Waals surface area contributed by atoms with Crippen LogP contribution in [-0.2, 0) is 12.3 Å². The topological polar surface area (TPSA) is 37.8 Å². The average Bonchev–Trinajstić information content (AvgIpc) is 2.45. The number of rotatable bonds is 6. The smallest absolute Gasteiger partial charge is 0.138 e. The summed E-state index contributed by atoms with van der Waals surface area (Å²) in [7, 11) is 0. The van der Waals surface area contributed by atoms with Crippen molar-refractivity contribution in [2.24, 2.45) is 0 Å². The molecule has 1 aromatic heterocycles.